The number of carbonyl (C=O) groups excluding carboxylic acids is 2. The summed E-state index contributed by atoms with van der Waals surface area (Å²) in [6.45, 7) is 2.62. The summed E-state index contributed by atoms with van der Waals surface area (Å²) < 4.78 is 0. The van der Waals surface area contributed by atoms with E-state index in [2.05, 4.69) is 0 Å². The predicted molar refractivity (Wildman–Crippen MR) is 95.0 cm³/mol. The minimum atomic E-state index is -0.855. The summed E-state index contributed by atoms with van der Waals surface area (Å²) in [5, 5.41) is 9.74. The van der Waals surface area contributed by atoms with Crippen LogP contribution in [0.25, 0.3) is 0 Å². The number of rotatable bonds is 3. The summed E-state index contributed by atoms with van der Waals surface area (Å²) in [4.78, 5) is 42.0. The fourth-order valence-electron chi connectivity index (χ4n) is 4.66. The quantitative estimate of drug-likeness (QED) is 0.869. The van der Waals surface area contributed by atoms with Crippen molar-refractivity contribution in [1.29, 1.82) is 0 Å². The van der Waals surface area contributed by atoms with Crippen LogP contribution in [0.4, 0.5) is 5.69 Å². The highest BCUT2D eigenvalue weighted by atomic mass is 16.4. The van der Waals surface area contributed by atoms with Crippen LogP contribution in [-0.2, 0) is 9.59 Å². The molecule has 7 heteroatoms. The van der Waals surface area contributed by atoms with E-state index in [1.54, 1.807) is 34.1 Å². The van der Waals surface area contributed by atoms with Crippen molar-refractivity contribution in [3.63, 3.8) is 0 Å². The topological polar surface area (TPSA) is 81.2 Å². The predicted octanol–water partition coefficient (Wildman–Crippen LogP) is 0.902. The van der Waals surface area contributed by atoms with Crippen LogP contribution >= 0.6 is 0 Å². The van der Waals surface area contributed by atoms with Gasteiger partial charge in [0.05, 0.1) is 0 Å². The third-order valence-electron chi connectivity index (χ3n) is 5.99. The molecule has 2 amide bonds. The average Bonchev–Trinajstić information content (AvgIpc) is 3.26. The van der Waals surface area contributed by atoms with Crippen molar-refractivity contribution >= 4 is 23.5 Å². The number of carboxylic acid groups (broad SMARTS) is 1. The van der Waals surface area contributed by atoms with Gasteiger partial charge in [0.25, 0.3) is 5.91 Å². The summed E-state index contributed by atoms with van der Waals surface area (Å²) in [7, 11) is 1.92. The summed E-state index contributed by atoms with van der Waals surface area (Å²) in [5.74, 6) is -0.869. The van der Waals surface area contributed by atoms with Crippen molar-refractivity contribution in [1.82, 2.24) is 9.80 Å². The second-order valence-electron chi connectivity index (χ2n) is 7.74. The zero-order valence-corrected chi connectivity index (χ0v) is 14.9. The first-order valence-corrected chi connectivity index (χ1v) is 9.02. The van der Waals surface area contributed by atoms with Gasteiger partial charge in [0, 0.05) is 56.3 Å². The van der Waals surface area contributed by atoms with Crippen LogP contribution < -0.4 is 4.90 Å². The molecule has 138 valence electrons. The SMILES string of the molecule is CN1C[C@@H]2CN(C(=O)c3ccc(N4CCCC4=O)cc3)C[C@]2(C(=O)O)C1. The molecule has 4 rings (SSSR count). The summed E-state index contributed by atoms with van der Waals surface area (Å²) in [5.41, 5.74) is 0.493. The van der Waals surface area contributed by atoms with Gasteiger partial charge in [0.1, 0.15) is 5.41 Å². The van der Waals surface area contributed by atoms with E-state index >= 15 is 0 Å². The fourth-order valence-corrected chi connectivity index (χ4v) is 4.66. The molecule has 1 N–H and O–H groups in total. The highest BCUT2D eigenvalue weighted by Gasteiger charge is 2.57. The molecular weight excluding hydrogens is 334 g/mol. The van der Waals surface area contributed by atoms with Gasteiger partial charge in [-0.15, -0.1) is 0 Å². The molecule has 7 nitrogen and oxygen atoms in total. The highest BCUT2D eigenvalue weighted by molar-refractivity contribution is 5.98. The van der Waals surface area contributed by atoms with Gasteiger partial charge in [-0.3, -0.25) is 14.4 Å². The van der Waals surface area contributed by atoms with Gasteiger partial charge in [-0.1, -0.05) is 0 Å². The molecule has 0 aromatic heterocycles. The third-order valence-corrected chi connectivity index (χ3v) is 5.99. The Morgan fingerprint density at radius 2 is 1.88 bits per heavy atom. The first-order valence-electron chi connectivity index (χ1n) is 9.02. The van der Waals surface area contributed by atoms with Gasteiger partial charge in [0.15, 0.2) is 0 Å². The van der Waals surface area contributed by atoms with Gasteiger partial charge < -0.3 is 19.8 Å². The van der Waals surface area contributed by atoms with Crippen LogP contribution in [0.15, 0.2) is 24.3 Å². The van der Waals surface area contributed by atoms with Crippen molar-refractivity contribution in [2.45, 2.75) is 12.8 Å². The highest BCUT2D eigenvalue weighted by Crippen LogP contribution is 2.42. The van der Waals surface area contributed by atoms with E-state index in [1.165, 1.54) is 0 Å². The molecule has 3 aliphatic rings. The summed E-state index contributed by atoms with van der Waals surface area (Å²) in [6.07, 6.45) is 1.43. The number of aliphatic carboxylic acids is 1. The summed E-state index contributed by atoms with van der Waals surface area (Å²) in [6, 6.07) is 7.07. The zero-order chi connectivity index (χ0) is 18.5. The Bertz CT molecular complexity index is 763. The van der Waals surface area contributed by atoms with Gasteiger partial charge in [-0.25, -0.2) is 0 Å². The number of anilines is 1. The minimum absolute atomic E-state index is 0.0320. The van der Waals surface area contributed by atoms with E-state index in [0.717, 1.165) is 12.1 Å². The van der Waals surface area contributed by atoms with Gasteiger partial charge in [-0.05, 0) is 37.7 Å². The average molecular weight is 357 g/mol. The molecule has 0 aliphatic carbocycles. The molecule has 3 fully saturated rings. The van der Waals surface area contributed by atoms with E-state index in [9.17, 15) is 19.5 Å². The Balaban J connectivity index is 1.50. The maximum atomic E-state index is 12.9. The number of hydrogen-bond acceptors (Lipinski definition) is 4. The van der Waals surface area contributed by atoms with Crippen molar-refractivity contribution < 1.29 is 19.5 Å². The standard InChI is InChI=1S/C19H23N3O4/c1-20-9-14-10-21(12-19(14,11-20)18(25)26)17(24)13-4-6-15(7-5-13)22-8-2-3-16(22)23/h4-7,14H,2-3,8-12H2,1H3,(H,25,26)/t14-,19-/m1/s1. The van der Waals surface area contributed by atoms with E-state index < -0.39 is 11.4 Å². The first kappa shape index (κ1) is 17.0. The Morgan fingerprint density at radius 3 is 2.46 bits per heavy atom. The number of hydrogen-bond donors (Lipinski definition) is 1. The molecule has 1 aromatic rings. The molecule has 3 heterocycles. The fraction of sp³-hybridized carbons (Fsp3) is 0.526. The lowest BCUT2D eigenvalue weighted by atomic mass is 9.81. The molecule has 3 saturated heterocycles. The lowest BCUT2D eigenvalue weighted by Gasteiger charge is -2.24. The number of amides is 2. The second-order valence-corrected chi connectivity index (χ2v) is 7.74. The molecule has 0 spiro atoms. The molecule has 2 atom stereocenters. The Hall–Kier alpha value is -2.41. The maximum absolute atomic E-state index is 12.9. The molecule has 1 aromatic carbocycles. The van der Waals surface area contributed by atoms with E-state index in [0.29, 0.717) is 38.2 Å². The van der Waals surface area contributed by atoms with Crippen LogP contribution in [0.3, 0.4) is 0 Å². The monoisotopic (exact) mass is 357 g/mol. The van der Waals surface area contributed by atoms with Crippen LogP contribution in [-0.4, -0.2) is 72.5 Å². The van der Waals surface area contributed by atoms with Crippen LogP contribution in [0, 0.1) is 11.3 Å². The van der Waals surface area contributed by atoms with Crippen LogP contribution in [0.1, 0.15) is 23.2 Å². The first-order chi connectivity index (χ1) is 12.4. The Morgan fingerprint density at radius 1 is 1.15 bits per heavy atom. The third kappa shape index (κ3) is 2.58. The number of likely N-dealkylation sites (tertiary alicyclic amines) is 2. The molecule has 0 radical (unpaired) electrons. The molecule has 0 bridgehead atoms. The lowest BCUT2D eigenvalue weighted by Crippen LogP contribution is -2.41. The van der Waals surface area contributed by atoms with Crippen molar-refractivity contribution in [3.8, 4) is 0 Å². The number of fused-ring (bicyclic) bond motifs is 1. The lowest BCUT2D eigenvalue weighted by molar-refractivity contribution is -0.148. The summed E-state index contributed by atoms with van der Waals surface area (Å²) >= 11 is 0. The number of carboxylic acids is 1. The van der Waals surface area contributed by atoms with E-state index in [-0.39, 0.29) is 24.3 Å². The Kier molecular flexibility index (Phi) is 3.99. The van der Waals surface area contributed by atoms with Crippen LogP contribution in [0.5, 0.6) is 0 Å². The van der Waals surface area contributed by atoms with Crippen LogP contribution in [0.2, 0.25) is 0 Å². The maximum Gasteiger partial charge on any atom is 0.313 e. The smallest absolute Gasteiger partial charge is 0.313 e. The van der Waals surface area contributed by atoms with Gasteiger partial charge >= 0.3 is 5.97 Å². The van der Waals surface area contributed by atoms with Crippen molar-refractivity contribution in [2.24, 2.45) is 11.3 Å². The molecule has 3 aliphatic heterocycles. The number of carbonyl (C=O) groups is 3. The van der Waals surface area contributed by atoms with E-state index in [1.807, 2.05) is 11.9 Å². The largest absolute Gasteiger partial charge is 0.481 e. The minimum Gasteiger partial charge on any atom is -0.481 e. The van der Waals surface area contributed by atoms with Gasteiger partial charge in [0.2, 0.25) is 5.91 Å². The van der Waals surface area contributed by atoms with Crippen molar-refractivity contribution in [2.75, 3.05) is 44.7 Å². The van der Waals surface area contributed by atoms with E-state index in [4.69, 9.17) is 0 Å². The molecular formula is C19H23N3O4. The molecule has 26 heavy (non-hydrogen) atoms. The number of nitrogens with zero attached hydrogens (tertiary/aromatic N) is 3. The number of benzene rings is 1. The van der Waals surface area contributed by atoms with Crippen molar-refractivity contribution in [3.05, 3.63) is 29.8 Å². The Labute approximate surface area is 152 Å². The normalized spacial score (nSPS) is 28.7. The zero-order valence-electron chi connectivity index (χ0n) is 14.9. The molecule has 0 saturated carbocycles. The molecule has 0 unspecified atom stereocenters. The van der Waals surface area contributed by atoms with Gasteiger partial charge in [-0.2, -0.15) is 0 Å². The second kappa shape index (κ2) is 6.09.